The molecule has 0 spiro atoms. The molecule has 10 nitrogen and oxygen atoms in total. The summed E-state index contributed by atoms with van der Waals surface area (Å²) < 4.78 is 15.7. The summed E-state index contributed by atoms with van der Waals surface area (Å²) in [4.78, 5) is 0. The van der Waals surface area contributed by atoms with Crippen LogP contribution in [0.5, 0.6) is 0 Å². The molecule has 10 heteroatoms. The molecule has 0 aromatic carbocycles. The fraction of sp³-hybridized carbons (Fsp3) is 1.00. The van der Waals surface area contributed by atoms with Crippen LogP contribution < -0.4 is 0 Å². The Morgan fingerprint density at radius 3 is 2.00 bits per heavy atom. The number of hydrogen-bond acceptors (Lipinski definition) is 10. The maximum Gasteiger partial charge on any atom is 0.114 e. The highest BCUT2D eigenvalue weighted by Gasteiger charge is 2.45. The zero-order chi connectivity index (χ0) is 17.1. The summed E-state index contributed by atoms with van der Waals surface area (Å²) in [5.41, 5.74) is 0. The van der Waals surface area contributed by atoms with E-state index in [0.717, 1.165) is 0 Å². The summed E-state index contributed by atoms with van der Waals surface area (Å²) in [5.74, 6) is 0. The molecule has 7 N–H and O–H groups in total. The second kappa shape index (κ2) is 8.12. The molecule has 9 atom stereocenters. The zero-order valence-corrected chi connectivity index (χ0v) is 12.4. The normalized spacial score (nSPS) is 48.4. The minimum absolute atomic E-state index is 0.137. The molecule has 0 aromatic rings. The largest absolute Gasteiger partial charge is 0.394 e. The summed E-state index contributed by atoms with van der Waals surface area (Å²) in [6.45, 7) is -1.45. The summed E-state index contributed by atoms with van der Waals surface area (Å²) in [7, 11) is 0. The van der Waals surface area contributed by atoms with Crippen molar-refractivity contribution in [2.24, 2.45) is 0 Å². The van der Waals surface area contributed by atoms with Crippen molar-refractivity contribution in [1.82, 2.24) is 0 Å². The van der Waals surface area contributed by atoms with Gasteiger partial charge in [-0.15, -0.1) is 0 Å². The van der Waals surface area contributed by atoms with Gasteiger partial charge in [0.1, 0.15) is 54.9 Å². The van der Waals surface area contributed by atoms with E-state index >= 15 is 0 Å². The van der Waals surface area contributed by atoms with E-state index in [1.165, 1.54) is 0 Å². The Bertz CT molecular complexity index is 367. The van der Waals surface area contributed by atoms with Crippen molar-refractivity contribution in [3.63, 3.8) is 0 Å². The first-order valence-corrected chi connectivity index (χ1v) is 7.41. The lowest BCUT2D eigenvalue weighted by atomic mass is 9.95. The van der Waals surface area contributed by atoms with Gasteiger partial charge in [-0.05, 0) is 0 Å². The Balaban J connectivity index is 1.95. The van der Waals surface area contributed by atoms with Gasteiger partial charge in [-0.2, -0.15) is 0 Å². The average Bonchev–Trinajstić information content (AvgIpc) is 2.54. The van der Waals surface area contributed by atoms with Crippen LogP contribution in [0.2, 0.25) is 0 Å². The van der Waals surface area contributed by atoms with Gasteiger partial charge in [-0.1, -0.05) is 0 Å². The molecule has 2 heterocycles. The Labute approximate surface area is 132 Å². The van der Waals surface area contributed by atoms with Crippen LogP contribution in [-0.2, 0) is 14.2 Å². The van der Waals surface area contributed by atoms with Crippen molar-refractivity contribution in [2.45, 2.75) is 54.9 Å². The highest BCUT2D eigenvalue weighted by atomic mass is 16.6. The minimum atomic E-state index is -1.52. The molecule has 0 aromatic heterocycles. The number of hydrogen-bond donors (Lipinski definition) is 7. The number of ether oxygens (including phenoxy) is 3. The van der Waals surface area contributed by atoms with Gasteiger partial charge in [0, 0.05) is 0 Å². The lowest BCUT2D eigenvalue weighted by Gasteiger charge is -2.42. The van der Waals surface area contributed by atoms with Crippen molar-refractivity contribution in [3.05, 3.63) is 0 Å². The second-order valence-corrected chi connectivity index (χ2v) is 5.78. The molecule has 0 amide bonds. The van der Waals surface area contributed by atoms with E-state index in [1.54, 1.807) is 0 Å². The monoisotopic (exact) mass is 340 g/mol. The quantitative estimate of drug-likeness (QED) is 0.258. The van der Waals surface area contributed by atoms with Gasteiger partial charge in [0.25, 0.3) is 0 Å². The van der Waals surface area contributed by atoms with Crippen LogP contribution in [0.25, 0.3) is 0 Å². The summed E-state index contributed by atoms with van der Waals surface area (Å²) in [6, 6.07) is 0. The fourth-order valence-electron chi connectivity index (χ4n) is 2.75. The number of aliphatic hydroxyl groups is 7. The molecule has 0 bridgehead atoms. The maximum atomic E-state index is 9.98. The lowest BCUT2D eigenvalue weighted by Crippen LogP contribution is -2.61. The number of rotatable bonds is 5. The van der Waals surface area contributed by atoms with Crippen molar-refractivity contribution < 1.29 is 50.0 Å². The van der Waals surface area contributed by atoms with Crippen LogP contribution in [0.4, 0.5) is 0 Å². The summed E-state index contributed by atoms with van der Waals surface area (Å²) in [5, 5.41) is 67.3. The Hall–Kier alpha value is -0.400. The molecule has 4 unspecified atom stereocenters. The predicted molar refractivity (Wildman–Crippen MR) is 72.3 cm³/mol. The van der Waals surface area contributed by atoms with Crippen LogP contribution >= 0.6 is 0 Å². The topological polar surface area (TPSA) is 169 Å². The van der Waals surface area contributed by atoms with E-state index in [0.29, 0.717) is 0 Å². The van der Waals surface area contributed by atoms with Gasteiger partial charge in [0.05, 0.1) is 26.4 Å². The highest BCUT2D eigenvalue weighted by Crippen LogP contribution is 2.24. The Morgan fingerprint density at radius 1 is 0.783 bits per heavy atom. The lowest BCUT2D eigenvalue weighted by molar-refractivity contribution is -0.258. The molecule has 2 saturated heterocycles. The van der Waals surface area contributed by atoms with Crippen molar-refractivity contribution >= 4 is 0 Å². The molecular weight excluding hydrogens is 316 g/mol. The Morgan fingerprint density at radius 2 is 1.39 bits per heavy atom. The van der Waals surface area contributed by atoms with Crippen LogP contribution in [-0.4, -0.2) is 117 Å². The molecule has 23 heavy (non-hydrogen) atoms. The van der Waals surface area contributed by atoms with Crippen LogP contribution in [0.15, 0.2) is 0 Å². The maximum absolute atomic E-state index is 9.98. The molecular formula is C13H24O10. The van der Waals surface area contributed by atoms with Gasteiger partial charge >= 0.3 is 0 Å². The summed E-state index contributed by atoms with van der Waals surface area (Å²) >= 11 is 0. The molecule has 136 valence electrons. The first-order valence-electron chi connectivity index (χ1n) is 7.41. The van der Waals surface area contributed by atoms with Gasteiger partial charge in [0.15, 0.2) is 0 Å². The molecule has 2 rings (SSSR count). The van der Waals surface area contributed by atoms with E-state index in [4.69, 9.17) is 24.4 Å². The smallest absolute Gasteiger partial charge is 0.114 e. The van der Waals surface area contributed by atoms with E-state index in [1.807, 2.05) is 0 Å². The standard InChI is InChI=1S/C13H24O10/c14-1-6-11(19)13(5(16)3-21-6)22-4-8-10(18)12(20)9(17)7(2-15)23-8/h5-20H,1-4H2/t5?,6?,7?,8-,9-,10?,11-,12-,13+/m1/s1. The minimum Gasteiger partial charge on any atom is -0.394 e. The van der Waals surface area contributed by atoms with Gasteiger partial charge < -0.3 is 50.0 Å². The average molecular weight is 340 g/mol. The third kappa shape index (κ3) is 3.99. The fourth-order valence-corrected chi connectivity index (χ4v) is 2.75. The summed E-state index contributed by atoms with van der Waals surface area (Å²) in [6.07, 6.45) is -11.0. The molecule has 0 saturated carbocycles. The molecule has 2 fully saturated rings. The first-order chi connectivity index (χ1) is 10.9. The van der Waals surface area contributed by atoms with E-state index < -0.39 is 68.1 Å². The molecule has 2 aliphatic heterocycles. The molecule has 0 aliphatic carbocycles. The zero-order valence-electron chi connectivity index (χ0n) is 12.4. The van der Waals surface area contributed by atoms with Crippen molar-refractivity contribution in [1.29, 1.82) is 0 Å². The predicted octanol–water partition coefficient (Wildman–Crippen LogP) is -4.67. The first kappa shape index (κ1) is 18.9. The van der Waals surface area contributed by atoms with E-state index in [9.17, 15) is 25.5 Å². The Kier molecular flexibility index (Phi) is 6.68. The van der Waals surface area contributed by atoms with E-state index in [2.05, 4.69) is 0 Å². The van der Waals surface area contributed by atoms with E-state index in [-0.39, 0.29) is 13.2 Å². The van der Waals surface area contributed by atoms with Gasteiger partial charge in [0.2, 0.25) is 0 Å². The second-order valence-electron chi connectivity index (χ2n) is 5.78. The molecule has 0 radical (unpaired) electrons. The van der Waals surface area contributed by atoms with Crippen molar-refractivity contribution in [2.75, 3.05) is 26.4 Å². The third-order valence-electron chi connectivity index (χ3n) is 4.20. The molecule has 2 aliphatic rings. The van der Waals surface area contributed by atoms with Gasteiger partial charge in [-0.3, -0.25) is 0 Å². The van der Waals surface area contributed by atoms with Crippen LogP contribution in [0.1, 0.15) is 0 Å². The van der Waals surface area contributed by atoms with Crippen LogP contribution in [0, 0.1) is 0 Å². The SMILES string of the molecule is OCC1O[C@H](CO[C@H]2C(O)COC(CO)[C@H]2O)C(O)[C@H](O)[C@@H]1O. The third-order valence-corrected chi connectivity index (χ3v) is 4.20. The van der Waals surface area contributed by atoms with Crippen molar-refractivity contribution in [3.8, 4) is 0 Å². The van der Waals surface area contributed by atoms with Crippen LogP contribution in [0.3, 0.4) is 0 Å². The highest BCUT2D eigenvalue weighted by molar-refractivity contribution is 4.93. The van der Waals surface area contributed by atoms with Gasteiger partial charge in [-0.25, -0.2) is 0 Å². The number of aliphatic hydroxyl groups excluding tert-OH is 7.